The lowest BCUT2D eigenvalue weighted by Crippen LogP contribution is -2.50. The number of piperazine rings is 1. The molecule has 104 valence electrons. The molecule has 2 aliphatic heterocycles. The first kappa shape index (κ1) is 11.9. The third kappa shape index (κ3) is 1.89. The number of aromatic nitrogens is 2. The Hall–Kier alpha value is -1.88. The van der Waals surface area contributed by atoms with Crippen LogP contribution < -0.4 is 10.6 Å². The summed E-state index contributed by atoms with van der Waals surface area (Å²) in [5.41, 5.74) is 7.53. The summed E-state index contributed by atoms with van der Waals surface area (Å²) in [7, 11) is 0. The molecule has 2 aliphatic rings. The van der Waals surface area contributed by atoms with Crippen molar-refractivity contribution in [3.8, 4) is 0 Å². The van der Waals surface area contributed by atoms with Gasteiger partial charge in [0.15, 0.2) is 0 Å². The summed E-state index contributed by atoms with van der Waals surface area (Å²) in [5.74, 6) is 1.06. The number of hydrogen-bond acceptors (Lipinski definition) is 5. The van der Waals surface area contributed by atoms with Crippen LogP contribution in [-0.4, -0.2) is 47.1 Å². The van der Waals surface area contributed by atoms with Gasteiger partial charge in [-0.3, -0.25) is 4.90 Å². The van der Waals surface area contributed by atoms with Crippen molar-refractivity contribution in [1.82, 2.24) is 14.9 Å². The number of anilines is 2. The summed E-state index contributed by atoms with van der Waals surface area (Å²) in [6.45, 7) is 4.54. The third-order valence-corrected chi connectivity index (χ3v) is 4.53. The molecular weight excluding hydrogens is 250 g/mol. The van der Waals surface area contributed by atoms with Crippen LogP contribution in [0, 0.1) is 0 Å². The average molecular weight is 269 g/mol. The largest absolute Gasteiger partial charge is 0.399 e. The fourth-order valence-corrected chi connectivity index (χ4v) is 3.50. The Labute approximate surface area is 118 Å². The fraction of sp³-hybridized carbons (Fsp3) is 0.467. The van der Waals surface area contributed by atoms with Gasteiger partial charge in [-0.15, -0.1) is 0 Å². The number of nitrogen functional groups attached to an aromatic ring is 1. The summed E-state index contributed by atoms with van der Waals surface area (Å²) in [4.78, 5) is 13.9. The zero-order chi connectivity index (χ0) is 13.5. The Morgan fingerprint density at radius 1 is 1.15 bits per heavy atom. The lowest BCUT2D eigenvalue weighted by Gasteiger charge is -2.38. The molecule has 0 saturated carbocycles. The Bertz CT molecular complexity index is 641. The Morgan fingerprint density at radius 2 is 2.10 bits per heavy atom. The van der Waals surface area contributed by atoms with E-state index in [0.717, 1.165) is 42.0 Å². The molecular formula is C15H19N5. The van der Waals surface area contributed by atoms with Crippen molar-refractivity contribution in [3.63, 3.8) is 0 Å². The summed E-state index contributed by atoms with van der Waals surface area (Å²) < 4.78 is 0. The van der Waals surface area contributed by atoms with E-state index < -0.39 is 0 Å². The van der Waals surface area contributed by atoms with Gasteiger partial charge in [-0.1, -0.05) is 0 Å². The van der Waals surface area contributed by atoms with Gasteiger partial charge in [0.2, 0.25) is 0 Å². The molecule has 1 unspecified atom stereocenters. The summed E-state index contributed by atoms with van der Waals surface area (Å²) in [6.07, 6.45) is 4.30. The van der Waals surface area contributed by atoms with Crippen molar-refractivity contribution < 1.29 is 0 Å². The first-order valence-corrected chi connectivity index (χ1v) is 7.30. The molecule has 0 bridgehead atoms. The topological polar surface area (TPSA) is 58.3 Å². The normalized spacial score (nSPS) is 23.2. The molecule has 2 N–H and O–H groups in total. The van der Waals surface area contributed by atoms with Crippen LogP contribution in [0.25, 0.3) is 10.9 Å². The Morgan fingerprint density at radius 3 is 3.05 bits per heavy atom. The molecule has 0 spiro atoms. The molecule has 2 aromatic rings. The first-order valence-electron chi connectivity index (χ1n) is 7.30. The maximum Gasteiger partial charge on any atom is 0.139 e. The van der Waals surface area contributed by atoms with Crippen LogP contribution in [0.5, 0.6) is 0 Å². The molecule has 0 radical (unpaired) electrons. The number of rotatable bonds is 1. The van der Waals surface area contributed by atoms with E-state index in [2.05, 4.69) is 19.8 Å². The smallest absolute Gasteiger partial charge is 0.139 e. The molecule has 3 heterocycles. The number of benzene rings is 1. The zero-order valence-electron chi connectivity index (χ0n) is 11.5. The zero-order valence-corrected chi connectivity index (χ0v) is 11.5. The van der Waals surface area contributed by atoms with E-state index in [1.54, 1.807) is 6.33 Å². The molecule has 2 fully saturated rings. The lowest BCUT2D eigenvalue weighted by atomic mass is 10.1. The van der Waals surface area contributed by atoms with E-state index in [1.165, 1.54) is 19.4 Å². The molecule has 4 rings (SSSR count). The molecule has 0 amide bonds. The van der Waals surface area contributed by atoms with Crippen LogP contribution in [0.4, 0.5) is 11.5 Å². The highest BCUT2D eigenvalue weighted by Crippen LogP contribution is 2.29. The number of fused-ring (bicyclic) bond motifs is 2. The van der Waals surface area contributed by atoms with E-state index in [1.807, 2.05) is 18.2 Å². The summed E-state index contributed by atoms with van der Waals surface area (Å²) in [6, 6.07) is 6.59. The van der Waals surface area contributed by atoms with Crippen molar-refractivity contribution in [2.45, 2.75) is 18.9 Å². The quantitative estimate of drug-likeness (QED) is 0.795. The molecule has 1 atom stereocenters. The highest BCUT2D eigenvalue weighted by Gasteiger charge is 2.31. The maximum absolute atomic E-state index is 5.84. The Kier molecular flexibility index (Phi) is 2.73. The molecule has 1 aromatic carbocycles. The van der Waals surface area contributed by atoms with E-state index >= 15 is 0 Å². The summed E-state index contributed by atoms with van der Waals surface area (Å²) >= 11 is 0. The Balaban J connectivity index is 1.71. The predicted molar refractivity (Wildman–Crippen MR) is 80.8 cm³/mol. The summed E-state index contributed by atoms with van der Waals surface area (Å²) in [5, 5.41) is 1.10. The van der Waals surface area contributed by atoms with Crippen molar-refractivity contribution >= 4 is 22.4 Å². The predicted octanol–water partition coefficient (Wildman–Crippen LogP) is 1.50. The van der Waals surface area contributed by atoms with Crippen molar-refractivity contribution in [2.75, 3.05) is 36.8 Å². The van der Waals surface area contributed by atoms with E-state index in [0.29, 0.717) is 6.04 Å². The number of nitrogens with zero attached hydrogens (tertiary/aromatic N) is 4. The minimum absolute atomic E-state index is 0.697. The van der Waals surface area contributed by atoms with Crippen LogP contribution >= 0.6 is 0 Å². The third-order valence-electron chi connectivity index (χ3n) is 4.53. The standard InChI is InChI=1S/C15H19N5/c16-11-3-4-13-14(8-11)17-10-18-15(13)20-7-6-19-5-1-2-12(19)9-20/h3-4,8,10,12H,1-2,5-7,9,16H2. The number of nitrogens with two attached hydrogens (primary N) is 1. The molecule has 5 nitrogen and oxygen atoms in total. The van der Waals surface area contributed by atoms with Gasteiger partial charge in [-0.2, -0.15) is 0 Å². The highest BCUT2D eigenvalue weighted by atomic mass is 15.3. The van der Waals surface area contributed by atoms with Gasteiger partial charge in [0.25, 0.3) is 0 Å². The second kappa shape index (κ2) is 4.59. The second-order valence-electron chi connectivity index (χ2n) is 5.75. The van der Waals surface area contributed by atoms with E-state index in [-0.39, 0.29) is 0 Å². The minimum Gasteiger partial charge on any atom is -0.399 e. The van der Waals surface area contributed by atoms with E-state index in [4.69, 9.17) is 5.73 Å². The highest BCUT2D eigenvalue weighted by molar-refractivity contribution is 5.91. The first-order chi connectivity index (χ1) is 9.81. The van der Waals surface area contributed by atoms with Gasteiger partial charge >= 0.3 is 0 Å². The molecule has 5 heteroatoms. The monoisotopic (exact) mass is 269 g/mol. The maximum atomic E-state index is 5.84. The van der Waals surface area contributed by atoms with Crippen LogP contribution in [0.1, 0.15) is 12.8 Å². The molecule has 0 aliphatic carbocycles. The van der Waals surface area contributed by atoms with Gasteiger partial charge in [-0.25, -0.2) is 9.97 Å². The van der Waals surface area contributed by atoms with Crippen molar-refractivity contribution in [3.05, 3.63) is 24.5 Å². The number of hydrogen-bond donors (Lipinski definition) is 1. The lowest BCUT2D eigenvalue weighted by molar-refractivity contribution is 0.230. The SMILES string of the molecule is Nc1ccc2c(N3CCN4CCCC4C3)ncnc2c1. The van der Waals surface area contributed by atoms with Crippen LogP contribution in [0.15, 0.2) is 24.5 Å². The van der Waals surface area contributed by atoms with Gasteiger partial charge in [-0.05, 0) is 37.6 Å². The van der Waals surface area contributed by atoms with Crippen molar-refractivity contribution in [1.29, 1.82) is 0 Å². The van der Waals surface area contributed by atoms with Gasteiger partial charge in [0.1, 0.15) is 12.1 Å². The van der Waals surface area contributed by atoms with Crippen LogP contribution in [-0.2, 0) is 0 Å². The van der Waals surface area contributed by atoms with Gasteiger partial charge in [0.05, 0.1) is 5.52 Å². The van der Waals surface area contributed by atoms with Crippen LogP contribution in [0.3, 0.4) is 0 Å². The molecule has 20 heavy (non-hydrogen) atoms. The molecule has 2 saturated heterocycles. The fourth-order valence-electron chi connectivity index (χ4n) is 3.50. The van der Waals surface area contributed by atoms with Crippen molar-refractivity contribution in [2.24, 2.45) is 0 Å². The average Bonchev–Trinajstić information content (AvgIpc) is 2.93. The van der Waals surface area contributed by atoms with E-state index in [9.17, 15) is 0 Å². The minimum atomic E-state index is 0.697. The van der Waals surface area contributed by atoms with Crippen LogP contribution in [0.2, 0.25) is 0 Å². The van der Waals surface area contributed by atoms with Gasteiger partial charge < -0.3 is 10.6 Å². The molecule has 1 aromatic heterocycles. The second-order valence-corrected chi connectivity index (χ2v) is 5.75. The van der Waals surface area contributed by atoms with Gasteiger partial charge in [0, 0.05) is 36.7 Å².